The quantitative estimate of drug-likeness (QED) is 0.828. The molecule has 0 unspecified atom stereocenters. The number of hydrogen-bond donors (Lipinski definition) is 2. The topological polar surface area (TPSA) is 57.5 Å². The van der Waals surface area contributed by atoms with Crippen molar-refractivity contribution in [1.29, 1.82) is 0 Å². The lowest BCUT2D eigenvalue weighted by atomic mass is 10.1. The highest BCUT2D eigenvalue weighted by Crippen LogP contribution is 2.23. The number of thioether (sulfide) groups is 1. The Kier molecular flexibility index (Phi) is 4.03. The zero-order chi connectivity index (χ0) is 11.4. The van der Waals surface area contributed by atoms with Crippen LogP contribution in [0.4, 0.5) is 0 Å². The van der Waals surface area contributed by atoms with E-state index in [0.29, 0.717) is 5.25 Å². The summed E-state index contributed by atoms with van der Waals surface area (Å²) in [5.41, 5.74) is 0.890. The highest BCUT2D eigenvalue weighted by molar-refractivity contribution is 7.99. The summed E-state index contributed by atoms with van der Waals surface area (Å²) >= 11 is 1.74. The first kappa shape index (κ1) is 11.9. The van der Waals surface area contributed by atoms with E-state index in [1.807, 2.05) is 0 Å². The molecule has 1 aromatic rings. The van der Waals surface area contributed by atoms with E-state index >= 15 is 0 Å². The Morgan fingerprint density at radius 3 is 2.67 bits per heavy atom. The van der Waals surface area contributed by atoms with Crippen LogP contribution in [0, 0.1) is 0 Å². The third-order valence-electron chi connectivity index (χ3n) is 1.87. The maximum absolute atomic E-state index is 10.7. The summed E-state index contributed by atoms with van der Waals surface area (Å²) in [4.78, 5) is 10.7. The molecule has 82 valence electrons. The largest absolute Gasteiger partial charge is 0.507 e. The second kappa shape index (κ2) is 5.07. The van der Waals surface area contributed by atoms with Crippen molar-refractivity contribution >= 4 is 17.7 Å². The van der Waals surface area contributed by atoms with Crippen LogP contribution in [0.15, 0.2) is 18.2 Å². The Balaban J connectivity index is 2.83. The molecule has 1 rings (SSSR count). The Morgan fingerprint density at radius 2 is 2.13 bits per heavy atom. The molecular formula is C11H14O3S. The van der Waals surface area contributed by atoms with Crippen molar-refractivity contribution in [3.05, 3.63) is 29.3 Å². The van der Waals surface area contributed by atoms with Gasteiger partial charge in [0, 0.05) is 5.75 Å². The summed E-state index contributed by atoms with van der Waals surface area (Å²) < 4.78 is 0. The van der Waals surface area contributed by atoms with Crippen molar-refractivity contribution in [2.45, 2.75) is 24.9 Å². The molecule has 3 nitrogen and oxygen atoms in total. The van der Waals surface area contributed by atoms with Gasteiger partial charge in [0.05, 0.1) is 0 Å². The summed E-state index contributed by atoms with van der Waals surface area (Å²) in [5, 5.41) is 18.6. The number of carboxylic acid groups (broad SMARTS) is 1. The van der Waals surface area contributed by atoms with Gasteiger partial charge in [-0.2, -0.15) is 11.8 Å². The Hall–Kier alpha value is -1.16. The van der Waals surface area contributed by atoms with Crippen LogP contribution < -0.4 is 0 Å². The average molecular weight is 226 g/mol. The zero-order valence-corrected chi connectivity index (χ0v) is 9.54. The fourth-order valence-electron chi connectivity index (χ4n) is 1.11. The molecule has 0 spiro atoms. The van der Waals surface area contributed by atoms with E-state index in [1.54, 1.807) is 17.8 Å². The first-order valence-corrected chi connectivity index (χ1v) is 5.72. The molecule has 0 radical (unpaired) electrons. The highest BCUT2D eigenvalue weighted by Gasteiger charge is 2.10. The maximum Gasteiger partial charge on any atom is 0.339 e. The molecule has 15 heavy (non-hydrogen) atoms. The molecule has 0 saturated heterocycles. The summed E-state index contributed by atoms with van der Waals surface area (Å²) in [6.07, 6.45) is 0. The van der Waals surface area contributed by atoms with E-state index < -0.39 is 5.97 Å². The molecule has 0 aliphatic rings. The average Bonchev–Trinajstić information content (AvgIpc) is 2.16. The van der Waals surface area contributed by atoms with Crippen LogP contribution in [0.1, 0.15) is 29.8 Å². The second-order valence-electron chi connectivity index (χ2n) is 3.52. The molecular weight excluding hydrogens is 212 g/mol. The van der Waals surface area contributed by atoms with E-state index in [0.717, 1.165) is 11.3 Å². The summed E-state index contributed by atoms with van der Waals surface area (Å²) in [6.45, 7) is 4.17. The molecule has 0 bridgehead atoms. The molecule has 0 fully saturated rings. The van der Waals surface area contributed by atoms with Crippen LogP contribution in [0.3, 0.4) is 0 Å². The van der Waals surface area contributed by atoms with Crippen LogP contribution in [-0.2, 0) is 5.75 Å². The van der Waals surface area contributed by atoms with Gasteiger partial charge in [0.2, 0.25) is 0 Å². The summed E-state index contributed by atoms with van der Waals surface area (Å²) in [5.74, 6) is -0.511. The number of phenols is 1. The van der Waals surface area contributed by atoms with Crippen LogP contribution in [0.2, 0.25) is 0 Å². The van der Waals surface area contributed by atoms with Crippen molar-refractivity contribution in [2.75, 3.05) is 0 Å². The van der Waals surface area contributed by atoms with Crippen LogP contribution in [-0.4, -0.2) is 21.4 Å². The molecule has 0 aliphatic carbocycles. The summed E-state index contributed by atoms with van der Waals surface area (Å²) in [6, 6.07) is 4.70. The smallest absolute Gasteiger partial charge is 0.339 e. The predicted molar refractivity (Wildman–Crippen MR) is 61.5 cm³/mol. The van der Waals surface area contributed by atoms with E-state index in [2.05, 4.69) is 13.8 Å². The minimum Gasteiger partial charge on any atom is -0.507 e. The van der Waals surface area contributed by atoms with Crippen molar-refractivity contribution in [1.82, 2.24) is 0 Å². The van der Waals surface area contributed by atoms with E-state index in [1.165, 1.54) is 12.1 Å². The zero-order valence-electron chi connectivity index (χ0n) is 8.73. The van der Waals surface area contributed by atoms with E-state index in [4.69, 9.17) is 5.11 Å². The fourth-order valence-corrected chi connectivity index (χ4v) is 1.81. The molecule has 4 heteroatoms. The monoisotopic (exact) mass is 226 g/mol. The number of hydrogen-bond acceptors (Lipinski definition) is 3. The molecule has 0 aliphatic heterocycles. The van der Waals surface area contributed by atoms with Crippen LogP contribution >= 0.6 is 11.8 Å². The number of aromatic carboxylic acids is 1. The SMILES string of the molecule is CC(C)SCc1ccc(O)c(C(=O)O)c1. The molecule has 1 aromatic carbocycles. The number of carboxylic acids is 1. The second-order valence-corrected chi connectivity index (χ2v) is 5.08. The van der Waals surface area contributed by atoms with Crippen molar-refractivity contribution in [2.24, 2.45) is 0 Å². The van der Waals surface area contributed by atoms with E-state index in [-0.39, 0.29) is 11.3 Å². The van der Waals surface area contributed by atoms with Gasteiger partial charge in [-0.15, -0.1) is 0 Å². The molecule has 0 heterocycles. The first-order valence-electron chi connectivity index (χ1n) is 4.67. The minimum atomic E-state index is -1.09. The molecule has 0 amide bonds. The maximum atomic E-state index is 10.7. The van der Waals surface area contributed by atoms with Gasteiger partial charge in [-0.3, -0.25) is 0 Å². The number of benzene rings is 1. The fraction of sp³-hybridized carbons (Fsp3) is 0.364. The molecule has 2 N–H and O–H groups in total. The van der Waals surface area contributed by atoms with Gasteiger partial charge in [0.25, 0.3) is 0 Å². The Labute approximate surface area is 93.1 Å². The van der Waals surface area contributed by atoms with Gasteiger partial charge in [-0.1, -0.05) is 19.9 Å². The lowest BCUT2D eigenvalue weighted by Crippen LogP contribution is -1.98. The summed E-state index contributed by atoms with van der Waals surface area (Å²) in [7, 11) is 0. The Bertz CT molecular complexity index is 361. The standard InChI is InChI=1S/C11H14O3S/c1-7(2)15-6-8-3-4-10(12)9(5-8)11(13)14/h3-5,7,12H,6H2,1-2H3,(H,13,14). The van der Waals surface area contributed by atoms with Crippen LogP contribution in [0.25, 0.3) is 0 Å². The number of rotatable bonds is 4. The van der Waals surface area contributed by atoms with Crippen LogP contribution in [0.5, 0.6) is 5.75 Å². The van der Waals surface area contributed by atoms with Gasteiger partial charge in [-0.25, -0.2) is 4.79 Å². The lowest BCUT2D eigenvalue weighted by Gasteiger charge is -2.06. The van der Waals surface area contributed by atoms with Gasteiger partial charge < -0.3 is 10.2 Å². The number of carbonyl (C=O) groups is 1. The van der Waals surface area contributed by atoms with Gasteiger partial charge in [-0.05, 0) is 22.9 Å². The van der Waals surface area contributed by atoms with Gasteiger partial charge in [0.1, 0.15) is 11.3 Å². The molecule has 0 saturated carbocycles. The van der Waals surface area contributed by atoms with Gasteiger partial charge in [0.15, 0.2) is 0 Å². The van der Waals surface area contributed by atoms with Gasteiger partial charge >= 0.3 is 5.97 Å². The van der Waals surface area contributed by atoms with Crippen molar-refractivity contribution in [3.8, 4) is 5.75 Å². The van der Waals surface area contributed by atoms with Crippen molar-refractivity contribution in [3.63, 3.8) is 0 Å². The predicted octanol–water partition coefficient (Wildman–Crippen LogP) is 2.73. The normalized spacial score (nSPS) is 10.6. The van der Waals surface area contributed by atoms with E-state index in [9.17, 15) is 9.90 Å². The molecule has 0 atom stereocenters. The first-order chi connectivity index (χ1) is 7.00. The third-order valence-corrected chi connectivity index (χ3v) is 3.04. The van der Waals surface area contributed by atoms with Crippen molar-refractivity contribution < 1.29 is 15.0 Å². The number of aromatic hydroxyl groups is 1. The minimum absolute atomic E-state index is 0.0307. The highest BCUT2D eigenvalue weighted by atomic mass is 32.2. The molecule has 0 aromatic heterocycles. The Morgan fingerprint density at radius 1 is 1.47 bits per heavy atom. The lowest BCUT2D eigenvalue weighted by molar-refractivity contribution is 0.0693. The third kappa shape index (κ3) is 3.47.